The van der Waals surface area contributed by atoms with Gasteiger partial charge in [-0.1, -0.05) is 18.2 Å². The van der Waals surface area contributed by atoms with Crippen molar-refractivity contribution >= 4 is 5.78 Å². The van der Waals surface area contributed by atoms with Crippen LogP contribution in [0.4, 0.5) is 0 Å². The fourth-order valence-corrected chi connectivity index (χ4v) is 4.99. The van der Waals surface area contributed by atoms with Gasteiger partial charge in [0.2, 0.25) is 0 Å². The van der Waals surface area contributed by atoms with E-state index in [0.717, 1.165) is 23.7 Å². The van der Waals surface area contributed by atoms with E-state index in [9.17, 15) is 4.79 Å². The van der Waals surface area contributed by atoms with Gasteiger partial charge in [-0.15, -0.1) is 0 Å². The first-order chi connectivity index (χ1) is 9.15. The van der Waals surface area contributed by atoms with Gasteiger partial charge < -0.3 is 0 Å². The molecule has 0 heterocycles. The van der Waals surface area contributed by atoms with E-state index >= 15 is 0 Å². The molecule has 4 unspecified atom stereocenters. The first-order valence-electron chi connectivity index (χ1n) is 7.74. The fraction of sp³-hybridized carbons (Fsp3) is 0.611. The summed E-state index contributed by atoms with van der Waals surface area (Å²) in [5, 5.41) is 0. The lowest BCUT2D eigenvalue weighted by Gasteiger charge is -2.09. The van der Waals surface area contributed by atoms with E-state index in [1.54, 1.807) is 0 Å². The number of ketones is 1. The van der Waals surface area contributed by atoms with E-state index in [-0.39, 0.29) is 0 Å². The van der Waals surface area contributed by atoms with Crippen molar-refractivity contribution in [1.29, 1.82) is 0 Å². The SMILES string of the molecule is Cc1ccc(CC(=O)C2C3C4CCC(C4)C23)cc1C. The summed E-state index contributed by atoms with van der Waals surface area (Å²) in [5.41, 5.74) is 3.84. The smallest absolute Gasteiger partial charge is 0.140 e. The summed E-state index contributed by atoms with van der Waals surface area (Å²) in [6.45, 7) is 4.26. The Kier molecular flexibility index (Phi) is 2.43. The molecule has 0 N–H and O–H groups in total. The van der Waals surface area contributed by atoms with E-state index < -0.39 is 0 Å². The summed E-state index contributed by atoms with van der Waals surface area (Å²) in [5.74, 6) is 4.35. The van der Waals surface area contributed by atoms with E-state index in [4.69, 9.17) is 0 Å². The molecule has 2 bridgehead atoms. The Balaban J connectivity index is 1.47. The molecule has 100 valence electrons. The van der Waals surface area contributed by atoms with Crippen molar-refractivity contribution in [3.8, 4) is 0 Å². The lowest BCUT2D eigenvalue weighted by molar-refractivity contribution is -0.120. The minimum absolute atomic E-state index is 0.438. The second-order valence-corrected chi connectivity index (χ2v) is 7.08. The van der Waals surface area contributed by atoms with Crippen LogP contribution in [-0.4, -0.2) is 5.78 Å². The van der Waals surface area contributed by atoms with E-state index in [2.05, 4.69) is 32.0 Å². The number of hydrogen-bond acceptors (Lipinski definition) is 1. The second-order valence-electron chi connectivity index (χ2n) is 7.08. The zero-order chi connectivity index (χ0) is 13.1. The quantitative estimate of drug-likeness (QED) is 0.803. The second kappa shape index (κ2) is 3.94. The van der Waals surface area contributed by atoms with Crippen molar-refractivity contribution in [2.75, 3.05) is 0 Å². The van der Waals surface area contributed by atoms with Crippen LogP contribution in [0.2, 0.25) is 0 Å². The molecular weight excluding hydrogens is 232 g/mol. The Morgan fingerprint density at radius 3 is 2.42 bits per heavy atom. The summed E-state index contributed by atoms with van der Waals surface area (Å²) in [4.78, 5) is 12.5. The summed E-state index contributed by atoms with van der Waals surface area (Å²) in [6, 6.07) is 6.47. The Bertz CT molecular complexity index is 529. The number of hydrogen-bond donors (Lipinski definition) is 0. The molecule has 0 amide bonds. The van der Waals surface area contributed by atoms with Gasteiger partial charge >= 0.3 is 0 Å². The molecule has 1 heteroatoms. The Labute approximate surface area is 115 Å². The molecule has 0 saturated heterocycles. The van der Waals surface area contributed by atoms with Crippen molar-refractivity contribution < 1.29 is 4.79 Å². The zero-order valence-electron chi connectivity index (χ0n) is 11.9. The van der Waals surface area contributed by atoms with Gasteiger partial charge in [-0.25, -0.2) is 0 Å². The summed E-state index contributed by atoms with van der Waals surface area (Å²) in [6.07, 6.45) is 4.90. The predicted molar refractivity (Wildman–Crippen MR) is 75.9 cm³/mol. The topological polar surface area (TPSA) is 17.1 Å². The Morgan fingerprint density at radius 1 is 1.11 bits per heavy atom. The van der Waals surface area contributed by atoms with Crippen LogP contribution in [-0.2, 0) is 11.2 Å². The molecule has 19 heavy (non-hydrogen) atoms. The molecule has 0 aliphatic heterocycles. The molecule has 4 atom stereocenters. The molecule has 0 radical (unpaired) electrons. The van der Waals surface area contributed by atoms with E-state index in [0.29, 0.717) is 18.1 Å². The lowest BCUT2D eigenvalue weighted by atomic mass is 9.95. The standard InChI is InChI=1S/C18H22O/c1-10-3-4-12(7-11(10)2)8-15(19)18-16-13-5-6-14(9-13)17(16)18/h3-4,7,13-14,16-18H,5-6,8-9H2,1-2H3. The van der Waals surface area contributed by atoms with Gasteiger partial charge in [-0.05, 0) is 73.5 Å². The minimum atomic E-state index is 0.438. The van der Waals surface area contributed by atoms with Crippen LogP contribution in [0.1, 0.15) is 36.0 Å². The summed E-state index contributed by atoms with van der Waals surface area (Å²) < 4.78 is 0. The third-order valence-corrected chi connectivity index (χ3v) is 6.06. The van der Waals surface area contributed by atoms with Gasteiger partial charge in [-0.2, -0.15) is 0 Å². The van der Waals surface area contributed by atoms with Crippen molar-refractivity contribution in [3.05, 3.63) is 34.9 Å². The number of Topliss-reactive ketones (excluding diaryl/α,β-unsaturated/α-hetero) is 1. The highest BCUT2D eigenvalue weighted by Gasteiger charge is 2.66. The molecule has 0 aromatic heterocycles. The third-order valence-electron chi connectivity index (χ3n) is 6.06. The van der Waals surface area contributed by atoms with Crippen LogP contribution in [0.3, 0.4) is 0 Å². The van der Waals surface area contributed by atoms with Crippen LogP contribution >= 0.6 is 0 Å². The molecule has 1 aromatic rings. The van der Waals surface area contributed by atoms with Crippen LogP contribution in [0, 0.1) is 43.4 Å². The number of fused-ring (bicyclic) bond motifs is 5. The first kappa shape index (κ1) is 11.7. The molecule has 3 saturated carbocycles. The monoisotopic (exact) mass is 254 g/mol. The highest BCUT2D eigenvalue weighted by atomic mass is 16.1. The van der Waals surface area contributed by atoms with Gasteiger partial charge in [-0.3, -0.25) is 4.79 Å². The maximum atomic E-state index is 12.5. The van der Waals surface area contributed by atoms with Crippen LogP contribution in [0.25, 0.3) is 0 Å². The van der Waals surface area contributed by atoms with Crippen molar-refractivity contribution in [3.63, 3.8) is 0 Å². The molecule has 4 rings (SSSR count). The average Bonchev–Trinajstić information content (AvgIpc) is 2.83. The normalized spacial score (nSPS) is 38.3. The minimum Gasteiger partial charge on any atom is -0.299 e. The number of rotatable bonds is 3. The molecule has 3 fully saturated rings. The number of carbonyl (C=O) groups is 1. The Hall–Kier alpha value is -1.11. The fourth-order valence-electron chi connectivity index (χ4n) is 4.99. The molecule has 0 spiro atoms. The largest absolute Gasteiger partial charge is 0.299 e. The number of carbonyl (C=O) groups excluding carboxylic acids is 1. The molecule has 1 aromatic carbocycles. The molecule has 3 aliphatic rings. The van der Waals surface area contributed by atoms with Gasteiger partial charge in [0.25, 0.3) is 0 Å². The predicted octanol–water partition coefficient (Wildman–Crippen LogP) is 3.71. The lowest BCUT2D eigenvalue weighted by Crippen LogP contribution is -2.12. The molecule has 3 aliphatic carbocycles. The van der Waals surface area contributed by atoms with Gasteiger partial charge in [0, 0.05) is 12.3 Å². The van der Waals surface area contributed by atoms with Crippen LogP contribution in [0.15, 0.2) is 18.2 Å². The van der Waals surface area contributed by atoms with Crippen LogP contribution in [0.5, 0.6) is 0 Å². The highest BCUT2D eigenvalue weighted by Crippen LogP contribution is 2.69. The van der Waals surface area contributed by atoms with Crippen LogP contribution < -0.4 is 0 Å². The van der Waals surface area contributed by atoms with Gasteiger partial charge in [0.05, 0.1) is 0 Å². The maximum absolute atomic E-state index is 12.5. The highest BCUT2D eigenvalue weighted by molar-refractivity contribution is 5.87. The van der Waals surface area contributed by atoms with E-state index in [1.165, 1.54) is 36.0 Å². The summed E-state index contributed by atoms with van der Waals surface area (Å²) in [7, 11) is 0. The maximum Gasteiger partial charge on any atom is 0.140 e. The van der Waals surface area contributed by atoms with Crippen molar-refractivity contribution in [2.24, 2.45) is 29.6 Å². The summed E-state index contributed by atoms with van der Waals surface area (Å²) >= 11 is 0. The van der Waals surface area contributed by atoms with Crippen molar-refractivity contribution in [2.45, 2.75) is 39.5 Å². The molecule has 1 nitrogen and oxygen atoms in total. The third kappa shape index (κ3) is 1.70. The Morgan fingerprint density at radius 2 is 1.79 bits per heavy atom. The number of benzene rings is 1. The van der Waals surface area contributed by atoms with E-state index in [1.807, 2.05) is 0 Å². The van der Waals surface area contributed by atoms with Crippen molar-refractivity contribution in [1.82, 2.24) is 0 Å². The van der Waals surface area contributed by atoms with Gasteiger partial charge in [0.1, 0.15) is 5.78 Å². The average molecular weight is 254 g/mol. The zero-order valence-corrected chi connectivity index (χ0v) is 11.9. The first-order valence-corrected chi connectivity index (χ1v) is 7.74. The van der Waals surface area contributed by atoms with Gasteiger partial charge in [0.15, 0.2) is 0 Å². The number of aryl methyl sites for hydroxylation is 2. The molecular formula is C18H22O.